The second kappa shape index (κ2) is 39.3. The summed E-state index contributed by atoms with van der Waals surface area (Å²) in [6, 6.07) is -12.4. The number of hydrogen-bond acceptors (Lipinski definition) is 26. The fourth-order valence-corrected chi connectivity index (χ4v) is 10.7. The number of nitrogens with one attached hydrogen (secondary N) is 9. The lowest BCUT2D eigenvalue weighted by Gasteiger charge is -2.47. The highest BCUT2D eigenvalue weighted by molar-refractivity contribution is 5.97. The minimum absolute atomic E-state index is 0.0657. The Morgan fingerprint density at radius 1 is 0.541 bits per heavy atom. The number of nitrogens with zero attached hydrogens (tertiary/aromatic N) is 1. The van der Waals surface area contributed by atoms with Gasteiger partial charge in [-0.15, -0.1) is 0 Å². The number of carboxylic acids is 1. The van der Waals surface area contributed by atoms with Gasteiger partial charge < -0.3 is 106 Å². The van der Waals surface area contributed by atoms with Crippen LogP contribution in [-0.2, 0) is 124 Å². The normalized spacial score (nSPS) is 23.8. The van der Waals surface area contributed by atoms with E-state index in [0.717, 1.165) is 55.4 Å². The van der Waals surface area contributed by atoms with Gasteiger partial charge in [0.05, 0.1) is 25.8 Å². The first-order valence-electron chi connectivity index (χ1n) is 31.5. The van der Waals surface area contributed by atoms with Gasteiger partial charge in [0.15, 0.2) is 37.0 Å². The van der Waals surface area contributed by atoms with E-state index in [1.807, 2.05) is 0 Å². The van der Waals surface area contributed by atoms with Crippen LogP contribution in [0.4, 0.5) is 0 Å². The van der Waals surface area contributed by atoms with Gasteiger partial charge in [-0.1, -0.05) is 27.7 Å². The van der Waals surface area contributed by atoms with Gasteiger partial charge in [0.2, 0.25) is 65.0 Å². The van der Waals surface area contributed by atoms with Crippen molar-refractivity contribution in [3.05, 3.63) is 0 Å². The number of nitrogens with two attached hydrogens (primary N) is 1. The van der Waals surface area contributed by atoms with E-state index in [0.29, 0.717) is 6.42 Å². The van der Waals surface area contributed by atoms with Crippen molar-refractivity contribution < 1.29 is 129 Å². The molecule has 0 aliphatic carbocycles. The average molecular weight is 1400 g/mol. The van der Waals surface area contributed by atoms with Crippen molar-refractivity contribution in [1.29, 1.82) is 0 Å². The average Bonchev–Trinajstić information content (AvgIpc) is 0.941. The van der Waals surface area contributed by atoms with Crippen LogP contribution in [-0.4, -0.2) is 247 Å². The summed E-state index contributed by atoms with van der Waals surface area (Å²) in [6.07, 6.45) is -16.0. The molecule has 3 saturated heterocycles. The molecule has 38 nitrogen and oxygen atoms in total. The van der Waals surface area contributed by atoms with Gasteiger partial charge in [0.25, 0.3) is 0 Å². The van der Waals surface area contributed by atoms with Gasteiger partial charge in [-0.2, -0.15) is 0 Å². The highest BCUT2D eigenvalue weighted by Crippen LogP contribution is 2.32. The van der Waals surface area contributed by atoms with Crippen molar-refractivity contribution in [3.8, 4) is 0 Å². The van der Waals surface area contributed by atoms with Crippen molar-refractivity contribution in [1.82, 2.24) is 52.8 Å². The van der Waals surface area contributed by atoms with E-state index in [2.05, 4.69) is 47.9 Å². The summed E-state index contributed by atoms with van der Waals surface area (Å²) in [5.41, 5.74) is 5.17. The topological polar surface area (TPSA) is 531 Å². The molecule has 0 aromatic carbocycles. The third-order valence-corrected chi connectivity index (χ3v) is 14.9. The molecule has 3 heterocycles. The fourth-order valence-electron chi connectivity index (χ4n) is 10.7. The van der Waals surface area contributed by atoms with E-state index in [4.69, 9.17) is 48.4 Å². The van der Waals surface area contributed by atoms with Gasteiger partial charge in [-0.3, -0.25) is 81.5 Å². The third-order valence-electron chi connectivity index (χ3n) is 14.9. The highest BCUT2D eigenvalue weighted by Gasteiger charge is 2.55. The van der Waals surface area contributed by atoms with Crippen molar-refractivity contribution >= 4 is 101 Å². The molecular formula is C60H93N11O27. The molecule has 0 aromatic rings. The van der Waals surface area contributed by atoms with Crippen molar-refractivity contribution in [2.45, 2.75) is 233 Å². The van der Waals surface area contributed by atoms with E-state index < -0.39 is 243 Å². The quantitative estimate of drug-likeness (QED) is 0.0209. The molecule has 0 bridgehead atoms. The van der Waals surface area contributed by atoms with Crippen LogP contribution in [0.5, 0.6) is 0 Å². The lowest BCUT2D eigenvalue weighted by Crippen LogP contribution is -2.69. The predicted octanol–water partition coefficient (Wildman–Crippen LogP) is -5.10. The minimum atomic E-state index is -2.03. The first kappa shape index (κ1) is 83.1. The van der Waals surface area contributed by atoms with Gasteiger partial charge in [0, 0.05) is 68.4 Å². The molecule has 98 heavy (non-hydrogen) atoms. The molecular weight excluding hydrogens is 1310 g/mol. The standard InChI is InChI=1S/C60H93N11O27/c1-25(2)20-38(68-54(85)37(65-29(7)72)17-18-44(82)83)55(86)64-27(5)53(84)70-46(58(89)69-45(26(3)4)57(88)63-22-43(81)71-19-15-16-39(71)56(87)62-21-42(61)80)28(6)92-60-48(67-31(9)74)52(96-36(14)79)50(94-34(12)77)41(98-60)24-91-59-47(66-30(8)73)51(95-35(13)78)49(93-33(11)76)40(97-59)23-90-32(10)75/h25-28,37-41,45-52,59-60H,15-24H2,1-14H3,(H2,61,80)(H,62,87)(H,63,88)(H,64,86)(H,65,72)(H,66,73)(H,67,74)(H,68,85)(H,69,89)(H,70,84)(H,82,83)/t27-,28+,37-,38-,39-,40+,41+,45-,46-,47+,48+,49-,50-,51+,52+,59-,60-/m0/s1. The Bertz CT molecular complexity index is 2930. The van der Waals surface area contributed by atoms with E-state index in [9.17, 15) is 81.8 Å². The summed E-state index contributed by atoms with van der Waals surface area (Å²) < 4.78 is 52.9. The Morgan fingerprint density at radius 3 is 1.54 bits per heavy atom. The molecule has 17 atom stereocenters. The zero-order valence-corrected chi connectivity index (χ0v) is 57.1. The van der Waals surface area contributed by atoms with Crippen molar-refractivity contribution in [3.63, 3.8) is 0 Å². The SMILES string of the molecule is CC(=O)N[C@H]1[C@@H](OC[C@H]2O[C@H](O[C@H](C)[C@H](NC(=O)[C@H](C)NC(=O)[C@H](CC(C)C)NC(=O)[C@H](CCC(=O)O)NC(C)=O)C(=O)N[C@H](C(=O)NCC(=O)N3CCC[C@H]3C(=O)NCC(N)=O)C(C)C)[C@H](NC(C)=O)[C@@H](OC(C)=O)[C@H]2OC(C)=O)O[C@H](COC(C)=O)[C@H](OC(C)=O)[C@@H]1OC(C)=O. The Hall–Kier alpha value is -9.17. The molecule has 12 N–H and O–H groups in total. The zero-order valence-electron chi connectivity index (χ0n) is 57.1. The number of likely N-dealkylation sites (tertiary alicyclic amines) is 1. The number of hydrogen-bond donors (Lipinski definition) is 11. The maximum atomic E-state index is 15.0. The number of esters is 5. The van der Waals surface area contributed by atoms with Gasteiger partial charge in [-0.05, 0) is 51.4 Å². The number of rotatable bonds is 35. The molecule has 0 unspecified atom stereocenters. The summed E-state index contributed by atoms with van der Waals surface area (Å²) >= 11 is 0. The van der Waals surface area contributed by atoms with Crippen molar-refractivity contribution in [2.75, 3.05) is 32.8 Å². The first-order chi connectivity index (χ1) is 45.7. The van der Waals surface area contributed by atoms with Crippen LogP contribution >= 0.6 is 0 Å². The molecule has 550 valence electrons. The van der Waals surface area contributed by atoms with Crippen molar-refractivity contribution in [2.24, 2.45) is 17.6 Å². The molecule has 3 aliphatic rings. The largest absolute Gasteiger partial charge is 0.481 e. The summed E-state index contributed by atoms with van der Waals surface area (Å²) in [4.78, 5) is 223. The van der Waals surface area contributed by atoms with E-state index in [1.165, 1.54) is 32.6 Å². The van der Waals surface area contributed by atoms with Crippen LogP contribution in [0.2, 0.25) is 0 Å². The van der Waals surface area contributed by atoms with Gasteiger partial charge in [-0.25, -0.2) is 0 Å². The molecule has 38 heteroatoms. The highest BCUT2D eigenvalue weighted by atomic mass is 16.7. The fraction of sp³-hybridized carbons (Fsp3) is 0.717. The number of carbonyl (C=O) groups is 17. The molecule has 3 aliphatic heterocycles. The first-order valence-corrected chi connectivity index (χ1v) is 31.5. The molecule has 3 fully saturated rings. The maximum absolute atomic E-state index is 15.0. The molecule has 11 amide bonds. The number of carboxylic acid groups (broad SMARTS) is 1. The summed E-state index contributed by atoms with van der Waals surface area (Å²) in [7, 11) is 0. The Morgan fingerprint density at radius 2 is 1.05 bits per heavy atom. The van der Waals surface area contributed by atoms with Crippen LogP contribution in [0, 0.1) is 11.8 Å². The summed E-state index contributed by atoms with van der Waals surface area (Å²) in [5.74, 6) is -16.9. The minimum Gasteiger partial charge on any atom is -0.481 e. The Balaban J connectivity index is 2.21. The monoisotopic (exact) mass is 1400 g/mol. The van der Waals surface area contributed by atoms with E-state index in [-0.39, 0.29) is 31.7 Å². The van der Waals surface area contributed by atoms with Crippen LogP contribution < -0.4 is 53.6 Å². The Kier molecular flexibility index (Phi) is 33.3. The lowest BCUT2D eigenvalue weighted by molar-refractivity contribution is -0.312. The van der Waals surface area contributed by atoms with Crippen LogP contribution in [0.15, 0.2) is 0 Å². The molecule has 0 aromatic heterocycles. The number of amides is 11. The third kappa shape index (κ3) is 27.0. The van der Waals surface area contributed by atoms with Crippen LogP contribution in [0.1, 0.15) is 129 Å². The lowest BCUT2D eigenvalue weighted by atomic mass is 9.95. The van der Waals surface area contributed by atoms with Crippen LogP contribution in [0.25, 0.3) is 0 Å². The molecule has 3 rings (SSSR count). The summed E-state index contributed by atoms with van der Waals surface area (Å²) in [5, 5.41) is 31.5. The molecule has 0 saturated carbocycles. The van der Waals surface area contributed by atoms with Crippen LogP contribution in [0.3, 0.4) is 0 Å². The zero-order chi connectivity index (χ0) is 74.2. The number of aliphatic carboxylic acids is 1. The van der Waals surface area contributed by atoms with E-state index in [1.54, 1.807) is 13.8 Å². The molecule has 0 spiro atoms. The maximum Gasteiger partial charge on any atom is 0.303 e. The molecule has 0 radical (unpaired) electrons. The predicted molar refractivity (Wildman–Crippen MR) is 330 cm³/mol. The second-order valence-corrected chi connectivity index (χ2v) is 24.3. The number of carbonyl (C=O) groups excluding carboxylic acids is 16. The van der Waals surface area contributed by atoms with Gasteiger partial charge >= 0.3 is 35.8 Å². The smallest absolute Gasteiger partial charge is 0.303 e. The number of primary amides is 1. The number of ether oxygens (including phenoxy) is 9. The van der Waals surface area contributed by atoms with Gasteiger partial charge in [0.1, 0.15) is 67.1 Å². The van der Waals surface area contributed by atoms with E-state index >= 15 is 4.79 Å². The Labute approximate surface area is 564 Å². The second-order valence-electron chi connectivity index (χ2n) is 24.3. The summed E-state index contributed by atoms with van der Waals surface area (Å²) in [6.45, 7) is 14.3.